The van der Waals surface area contributed by atoms with Gasteiger partial charge < -0.3 is 15.7 Å². The molecule has 4 aromatic rings. The van der Waals surface area contributed by atoms with Crippen LogP contribution in [0.3, 0.4) is 0 Å². The molecule has 0 atom stereocenters. The van der Waals surface area contributed by atoms with Gasteiger partial charge in [-0.15, -0.1) is 0 Å². The Balaban J connectivity index is 1.36. The lowest BCUT2D eigenvalue weighted by Crippen LogP contribution is -2.31. The van der Waals surface area contributed by atoms with Crippen LogP contribution in [-0.2, 0) is 6.54 Å². The lowest BCUT2D eigenvalue weighted by molar-refractivity contribution is 0.102. The molecule has 2 amide bonds. The van der Waals surface area contributed by atoms with Gasteiger partial charge in [0.05, 0.1) is 11.4 Å². The van der Waals surface area contributed by atoms with Crippen molar-refractivity contribution in [2.75, 3.05) is 5.32 Å². The van der Waals surface area contributed by atoms with Crippen LogP contribution in [0, 0.1) is 12.7 Å². The quantitative estimate of drug-likeness (QED) is 0.305. The molecule has 3 N–H and O–H groups in total. The Morgan fingerprint density at radius 1 is 1.05 bits per heavy atom. The second kappa shape index (κ2) is 10.3. The van der Waals surface area contributed by atoms with Gasteiger partial charge in [0.15, 0.2) is 0 Å². The molecule has 1 aromatic heterocycles. The topological polar surface area (TPSA) is 96.3 Å². The summed E-state index contributed by atoms with van der Waals surface area (Å²) in [4.78, 5) is 25.7. The maximum absolute atomic E-state index is 13.2. The number of aromatic nitrogens is 2. The van der Waals surface area contributed by atoms with Gasteiger partial charge >= 0.3 is 6.03 Å². The Kier molecular flexibility index (Phi) is 6.72. The predicted octanol–water partition coefficient (Wildman–Crippen LogP) is 5.98. The van der Waals surface area contributed by atoms with Crippen LogP contribution in [0.25, 0.3) is 11.3 Å². The molecule has 0 radical (unpaired) electrons. The minimum atomic E-state index is -0.390. The molecule has 0 spiro atoms. The summed E-state index contributed by atoms with van der Waals surface area (Å²) in [5, 5.41) is 20.9. The summed E-state index contributed by atoms with van der Waals surface area (Å²) >= 11 is 0. The van der Waals surface area contributed by atoms with E-state index in [1.54, 1.807) is 36.4 Å². The second-order valence-corrected chi connectivity index (χ2v) is 9.28. The average molecular weight is 499 g/mol. The maximum Gasteiger partial charge on any atom is 0.342 e. The number of nitrogens with one attached hydrogen (secondary N) is 2. The molecule has 3 aromatic carbocycles. The number of halogens is 1. The molecule has 5 rings (SSSR count). The van der Waals surface area contributed by atoms with Crippen molar-refractivity contribution in [2.24, 2.45) is 0 Å². The Morgan fingerprint density at radius 2 is 1.81 bits per heavy atom. The van der Waals surface area contributed by atoms with Crippen molar-refractivity contribution in [3.63, 3.8) is 0 Å². The molecule has 1 saturated carbocycles. The molecule has 8 heteroatoms. The first-order valence-electron chi connectivity index (χ1n) is 12.2. The van der Waals surface area contributed by atoms with E-state index in [2.05, 4.69) is 15.7 Å². The van der Waals surface area contributed by atoms with Crippen LogP contribution >= 0.6 is 0 Å². The molecule has 0 saturated heterocycles. The van der Waals surface area contributed by atoms with Gasteiger partial charge in [-0.25, -0.2) is 9.18 Å². The average Bonchev–Trinajstić information content (AvgIpc) is 3.27. The van der Waals surface area contributed by atoms with E-state index in [0.29, 0.717) is 22.5 Å². The summed E-state index contributed by atoms with van der Waals surface area (Å²) in [5.41, 5.74) is 4.34. The monoisotopic (exact) mass is 498 g/mol. The molecule has 1 fully saturated rings. The highest BCUT2D eigenvalue weighted by Gasteiger charge is 2.27. The molecule has 188 valence electrons. The van der Waals surface area contributed by atoms with E-state index in [9.17, 15) is 19.1 Å². The number of hydrogen-bond donors (Lipinski definition) is 3. The number of rotatable bonds is 6. The number of phenols is 1. The standard InChI is InChI=1S/C29H27FN4O3/c1-18-5-2-3-8-23(18)28(36)32-22-13-14-24(27(35)15-22)25-16-26(20-6-4-7-20)34(33-25)29(37)31-17-19-9-11-21(30)12-10-19/h2-3,5,8-16,20,35H,4,6-7,17H2,1H3,(H,31,37)(H,32,36). The third-order valence-electron chi connectivity index (χ3n) is 6.73. The first kappa shape index (κ1) is 24.2. The van der Waals surface area contributed by atoms with Gasteiger partial charge in [-0.1, -0.05) is 36.8 Å². The molecule has 37 heavy (non-hydrogen) atoms. The fourth-order valence-corrected chi connectivity index (χ4v) is 4.39. The molecular weight excluding hydrogens is 471 g/mol. The van der Waals surface area contributed by atoms with Gasteiger partial charge in [-0.05, 0) is 67.3 Å². The summed E-state index contributed by atoms with van der Waals surface area (Å²) in [6.07, 6.45) is 3.02. The van der Waals surface area contributed by atoms with Crippen LogP contribution in [0.15, 0.2) is 72.8 Å². The lowest BCUT2D eigenvalue weighted by Gasteiger charge is -2.25. The number of benzene rings is 3. The fourth-order valence-electron chi connectivity index (χ4n) is 4.39. The van der Waals surface area contributed by atoms with E-state index < -0.39 is 0 Å². The zero-order chi connectivity index (χ0) is 25.9. The van der Waals surface area contributed by atoms with Crippen LogP contribution in [0.2, 0.25) is 0 Å². The Hall–Kier alpha value is -4.46. The van der Waals surface area contributed by atoms with E-state index in [4.69, 9.17) is 0 Å². The van der Waals surface area contributed by atoms with Gasteiger partial charge in [0.1, 0.15) is 11.6 Å². The maximum atomic E-state index is 13.2. The molecule has 0 unspecified atom stereocenters. The van der Waals surface area contributed by atoms with Crippen molar-refractivity contribution in [3.05, 3.63) is 101 Å². The first-order valence-corrected chi connectivity index (χ1v) is 12.2. The largest absolute Gasteiger partial charge is 0.507 e. The van der Waals surface area contributed by atoms with Crippen LogP contribution in [-0.4, -0.2) is 26.8 Å². The van der Waals surface area contributed by atoms with Gasteiger partial charge in [0.2, 0.25) is 0 Å². The number of anilines is 1. The van der Waals surface area contributed by atoms with Crippen LogP contribution in [0.1, 0.15) is 52.4 Å². The van der Waals surface area contributed by atoms with Gasteiger partial charge in [-0.3, -0.25) is 4.79 Å². The number of aromatic hydroxyl groups is 1. The summed E-state index contributed by atoms with van der Waals surface area (Å²) < 4.78 is 14.5. The van der Waals surface area contributed by atoms with Gasteiger partial charge in [0, 0.05) is 35.3 Å². The van der Waals surface area contributed by atoms with E-state index in [1.165, 1.54) is 22.9 Å². The SMILES string of the molecule is Cc1ccccc1C(=O)Nc1ccc(-c2cc(C3CCC3)n(C(=O)NCc3ccc(F)cc3)n2)c(O)c1. The molecule has 1 aliphatic carbocycles. The summed E-state index contributed by atoms with van der Waals surface area (Å²) in [5.74, 6) is -0.439. The first-order chi connectivity index (χ1) is 17.9. The highest BCUT2D eigenvalue weighted by Crippen LogP contribution is 2.39. The Bertz CT molecular complexity index is 1460. The molecule has 0 aliphatic heterocycles. The minimum Gasteiger partial charge on any atom is -0.507 e. The van der Waals surface area contributed by atoms with Crippen molar-refractivity contribution < 1.29 is 19.1 Å². The predicted molar refractivity (Wildman–Crippen MR) is 139 cm³/mol. The van der Waals surface area contributed by atoms with Crippen molar-refractivity contribution in [1.82, 2.24) is 15.1 Å². The molecule has 7 nitrogen and oxygen atoms in total. The lowest BCUT2D eigenvalue weighted by atomic mass is 9.82. The van der Waals surface area contributed by atoms with Crippen LogP contribution in [0.4, 0.5) is 14.9 Å². The number of phenolic OH excluding ortho intramolecular Hbond substituents is 1. The van der Waals surface area contributed by atoms with E-state index >= 15 is 0 Å². The second-order valence-electron chi connectivity index (χ2n) is 9.28. The molecule has 1 aliphatic rings. The smallest absolute Gasteiger partial charge is 0.342 e. The number of aryl methyl sites for hydroxylation is 1. The van der Waals surface area contributed by atoms with Crippen LogP contribution in [0.5, 0.6) is 5.75 Å². The molecule has 1 heterocycles. The number of amides is 2. The summed E-state index contributed by atoms with van der Waals surface area (Å²) in [7, 11) is 0. The van der Waals surface area contributed by atoms with E-state index in [1.807, 2.05) is 25.1 Å². The number of carbonyl (C=O) groups is 2. The zero-order valence-electron chi connectivity index (χ0n) is 20.4. The van der Waals surface area contributed by atoms with Gasteiger partial charge in [-0.2, -0.15) is 9.78 Å². The Morgan fingerprint density at radius 3 is 2.49 bits per heavy atom. The normalized spacial score (nSPS) is 13.1. The zero-order valence-corrected chi connectivity index (χ0v) is 20.4. The van der Waals surface area contributed by atoms with Crippen molar-refractivity contribution in [3.8, 4) is 17.0 Å². The van der Waals surface area contributed by atoms with Crippen LogP contribution < -0.4 is 10.6 Å². The fraction of sp³-hybridized carbons (Fsp3) is 0.207. The number of carbonyl (C=O) groups excluding carboxylic acids is 2. The third kappa shape index (κ3) is 5.23. The molecular formula is C29H27FN4O3. The van der Waals surface area contributed by atoms with Gasteiger partial charge in [0.25, 0.3) is 5.91 Å². The third-order valence-corrected chi connectivity index (χ3v) is 6.73. The highest BCUT2D eigenvalue weighted by atomic mass is 19.1. The van der Waals surface area contributed by atoms with E-state index in [0.717, 1.165) is 36.1 Å². The minimum absolute atomic E-state index is 0.0564. The van der Waals surface area contributed by atoms with Crippen molar-refractivity contribution in [1.29, 1.82) is 0 Å². The highest BCUT2D eigenvalue weighted by molar-refractivity contribution is 6.05. The van der Waals surface area contributed by atoms with E-state index in [-0.39, 0.29) is 36.0 Å². The van der Waals surface area contributed by atoms with Crippen molar-refractivity contribution in [2.45, 2.75) is 38.6 Å². The summed E-state index contributed by atoms with van der Waals surface area (Å²) in [6.45, 7) is 2.10. The Labute approximate surface area is 214 Å². The summed E-state index contributed by atoms with van der Waals surface area (Å²) in [6, 6.07) is 19.5. The van der Waals surface area contributed by atoms with Crippen molar-refractivity contribution >= 4 is 17.6 Å². The number of nitrogens with zero attached hydrogens (tertiary/aromatic N) is 2. The number of hydrogen-bond acceptors (Lipinski definition) is 4. The molecule has 0 bridgehead atoms.